The first-order valence-corrected chi connectivity index (χ1v) is 7.35. The number of carbonyl (C=O) groups excluding carboxylic acids is 1. The fourth-order valence-corrected chi connectivity index (χ4v) is 2.83. The van der Waals surface area contributed by atoms with Crippen molar-refractivity contribution in [3.63, 3.8) is 0 Å². The molecule has 1 N–H and O–H groups in total. The molecule has 1 amide bonds. The van der Waals surface area contributed by atoms with Gasteiger partial charge in [-0.3, -0.25) is 9.48 Å². The summed E-state index contributed by atoms with van der Waals surface area (Å²) < 4.78 is 2.03. The molecule has 1 unspecified atom stereocenters. The lowest BCUT2D eigenvalue weighted by Gasteiger charge is -2.16. The fourth-order valence-electron chi connectivity index (χ4n) is 2.83. The van der Waals surface area contributed by atoms with E-state index < -0.39 is 0 Å². The van der Waals surface area contributed by atoms with Crippen LogP contribution in [0.4, 0.5) is 0 Å². The Morgan fingerprint density at radius 2 is 2.16 bits per heavy atom. The van der Waals surface area contributed by atoms with Crippen molar-refractivity contribution in [2.75, 3.05) is 6.54 Å². The summed E-state index contributed by atoms with van der Waals surface area (Å²) in [5, 5.41) is 7.55. The monoisotopic (exact) mass is 263 g/mol. The molecule has 2 rings (SSSR count). The zero-order valence-corrected chi connectivity index (χ0v) is 12.3. The summed E-state index contributed by atoms with van der Waals surface area (Å²) in [5.41, 5.74) is 2.24. The Morgan fingerprint density at radius 1 is 1.47 bits per heavy atom. The molecule has 1 aromatic heterocycles. The van der Waals surface area contributed by atoms with Crippen molar-refractivity contribution in [1.82, 2.24) is 15.1 Å². The van der Waals surface area contributed by atoms with E-state index in [0.717, 1.165) is 31.6 Å². The van der Waals surface area contributed by atoms with E-state index in [4.69, 9.17) is 0 Å². The maximum atomic E-state index is 11.9. The number of rotatable bonds is 5. The highest BCUT2D eigenvalue weighted by Gasteiger charge is 2.22. The Bertz CT molecular complexity index is 433. The summed E-state index contributed by atoms with van der Waals surface area (Å²) in [6, 6.07) is 2.09. The van der Waals surface area contributed by atoms with E-state index in [1.807, 2.05) is 11.6 Å². The summed E-state index contributed by atoms with van der Waals surface area (Å²) in [6.45, 7) is 7.85. The first kappa shape index (κ1) is 14.1. The third-order valence-corrected chi connectivity index (χ3v) is 3.94. The average molecular weight is 263 g/mol. The van der Waals surface area contributed by atoms with Gasteiger partial charge in [0, 0.05) is 24.7 Å². The minimum absolute atomic E-state index is 0.248. The van der Waals surface area contributed by atoms with Crippen molar-refractivity contribution in [2.45, 2.75) is 53.0 Å². The minimum atomic E-state index is 0.248. The number of hydrogen-bond acceptors (Lipinski definition) is 2. The van der Waals surface area contributed by atoms with Gasteiger partial charge in [-0.15, -0.1) is 0 Å². The molecule has 0 radical (unpaired) electrons. The maximum Gasteiger partial charge on any atom is 0.223 e. The molecule has 0 aliphatic heterocycles. The molecule has 0 aromatic carbocycles. The zero-order valence-electron chi connectivity index (χ0n) is 12.3. The highest BCUT2D eigenvalue weighted by molar-refractivity contribution is 5.78. The second-order valence-corrected chi connectivity index (χ2v) is 5.94. The summed E-state index contributed by atoms with van der Waals surface area (Å²) in [4.78, 5) is 11.9. The van der Waals surface area contributed by atoms with E-state index in [0.29, 0.717) is 5.92 Å². The molecule has 1 aromatic rings. The maximum absolute atomic E-state index is 11.9. The second-order valence-electron chi connectivity index (χ2n) is 5.94. The van der Waals surface area contributed by atoms with E-state index in [1.54, 1.807) is 0 Å². The Morgan fingerprint density at radius 3 is 2.74 bits per heavy atom. The van der Waals surface area contributed by atoms with Gasteiger partial charge in [-0.2, -0.15) is 5.10 Å². The predicted molar refractivity (Wildman–Crippen MR) is 75.8 cm³/mol. The summed E-state index contributed by atoms with van der Waals surface area (Å²) in [5.74, 6) is 0.918. The van der Waals surface area contributed by atoms with E-state index >= 15 is 0 Å². The first-order chi connectivity index (χ1) is 9.06. The van der Waals surface area contributed by atoms with Crippen molar-refractivity contribution in [2.24, 2.45) is 11.8 Å². The van der Waals surface area contributed by atoms with Crippen molar-refractivity contribution in [3.8, 4) is 0 Å². The van der Waals surface area contributed by atoms with E-state index in [9.17, 15) is 4.79 Å². The molecular formula is C15H25N3O. The van der Waals surface area contributed by atoms with Gasteiger partial charge in [-0.25, -0.2) is 0 Å². The molecule has 1 aliphatic rings. The van der Waals surface area contributed by atoms with Crippen LogP contribution in [-0.2, 0) is 11.3 Å². The lowest BCUT2D eigenvalue weighted by atomic mass is 10.1. The molecule has 0 saturated heterocycles. The van der Waals surface area contributed by atoms with Gasteiger partial charge in [0.25, 0.3) is 0 Å². The van der Waals surface area contributed by atoms with Gasteiger partial charge in [0.1, 0.15) is 0 Å². The van der Waals surface area contributed by atoms with Gasteiger partial charge in [0.15, 0.2) is 0 Å². The van der Waals surface area contributed by atoms with Gasteiger partial charge in [0.2, 0.25) is 5.91 Å². The normalized spacial score (nSPS) is 17.6. The van der Waals surface area contributed by atoms with Crippen LogP contribution in [-0.4, -0.2) is 22.2 Å². The van der Waals surface area contributed by atoms with Crippen LogP contribution in [0, 0.1) is 25.7 Å². The molecule has 1 saturated carbocycles. The van der Waals surface area contributed by atoms with Crippen LogP contribution < -0.4 is 5.32 Å². The predicted octanol–water partition coefficient (Wildman–Crippen LogP) is 2.44. The molecule has 4 nitrogen and oxygen atoms in total. The van der Waals surface area contributed by atoms with Crippen LogP contribution in [0.2, 0.25) is 0 Å². The molecule has 4 heteroatoms. The molecule has 1 heterocycles. The molecular weight excluding hydrogens is 238 g/mol. The number of aromatic nitrogens is 2. The van der Waals surface area contributed by atoms with Gasteiger partial charge < -0.3 is 5.32 Å². The molecule has 0 spiro atoms. The van der Waals surface area contributed by atoms with Gasteiger partial charge in [-0.1, -0.05) is 19.8 Å². The molecule has 19 heavy (non-hydrogen) atoms. The van der Waals surface area contributed by atoms with Crippen LogP contribution in [0.3, 0.4) is 0 Å². The van der Waals surface area contributed by atoms with E-state index in [-0.39, 0.29) is 11.8 Å². The lowest BCUT2D eigenvalue weighted by Crippen LogP contribution is -2.34. The Kier molecular flexibility index (Phi) is 4.61. The van der Waals surface area contributed by atoms with Crippen LogP contribution >= 0.6 is 0 Å². The zero-order chi connectivity index (χ0) is 13.8. The fraction of sp³-hybridized carbons (Fsp3) is 0.733. The van der Waals surface area contributed by atoms with Crippen molar-refractivity contribution < 1.29 is 4.79 Å². The van der Waals surface area contributed by atoms with E-state index in [1.165, 1.54) is 18.5 Å². The van der Waals surface area contributed by atoms with Gasteiger partial charge >= 0.3 is 0 Å². The third-order valence-electron chi connectivity index (χ3n) is 3.94. The molecule has 0 bridgehead atoms. The second kappa shape index (κ2) is 6.22. The third kappa shape index (κ3) is 3.82. The number of aryl methyl sites for hydroxylation is 2. The Hall–Kier alpha value is -1.32. The molecule has 1 aliphatic carbocycles. The molecule has 106 valence electrons. The summed E-state index contributed by atoms with van der Waals surface area (Å²) in [6.07, 6.45) is 4.55. The average Bonchev–Trinajstić information content (AvgIpc) is 2.97. The van der Waals surface area contributed by atoms with Crippen LogP contribution in [0.1, 0.15) is 44.0 Å². The van der Waals surface area contributed by atoms with Crippen molar-refractivity contribution in [3.05, 3.63) is 17.5 Å². The highest BCUT2D eigenvalue weighted by atomic mass is 16.1. The number of hydrogen-bond donors (Lipinski definition) is 1. The minimum Gasteiger partial charge on any atom is -0.356 e. The van der Waals surface area contributed by atoms with Crippen LogP contribution in [0.25, 0.3) is 0 Å². The molecule has 1 atom stereocenters. The number of nitrogens with zero attached hydrogens (tertiary/aromatic N) is 2. The Balaban J connectivity index is 1.76. The molecule has 1 fully saturated rings. The quantitative estimate of drug-likeness (QED) is 0.887. The van der Waals surface area contributed by atoms with Gasteiger partial charge in [0.05, 0.1) is 5.69 Å². The van der Waals surface area contributed by atoms with Crippen LogP contribution in [0.15, 0.2) is 6.07 Å². The summed E-state index contributed by atoms with van der Waals surface area (Å²) in [7, 11) is 0. The number of carbonyl (C=O) groups is 1. The van der Waals surface area contributed by atoms with E-state index in [2.05, 4.69) is 30.3 Å². The first-order valence-electron chi connectivity index (χ1n) is 7.35. The SMILES string of the molecule is Cc1cc(C)n(CC(C)CNC(=O)C2CCCC2)n1. The van der Waals surface area contributed by atoms with Crippen molar-refractivity contribution in [1.29, 1.82) is 0 Å². The Labute approximate surface area is 115 Å². The highest BCUT2D eigenvalue weighted by Crippen LogP contribution is 2.24. The smallest absolute Gasteiger partial charge is 0.223 e. The number of nitrogens with one attached hydrogen (secondary N) is 1. The largest absolute Gasteiger partial charge is 0.356 e. The standard InChI is InChI=1S/C15H25N3O/c1-11(10-18-13(3)8-12(2)17-18)9-16-15(19)14-6-4-5-7-14/h8,11,14H,4-7,9-10H2,1-3H3,(H,16,19). The van der Waals surface area contributed by atoms with Crippen molar-refractivity contribution >= 4 is 5.91 Å². The van der Waals surface area contributed by atoms with Gasteiger partial charge in [-0.05, 0) is 38.7 Å². The van der Waals surface area contributed by atoms with Crippen LogP contribution in [0.5, 0.6) is 0 Å². The summed E-state index contributed by atoms with van der Waals surface area (Å²) >= 11 is 0. The number of amides is 1. The topological polar surface area (TPSA) is 46.9 Å². The lowest BCUT2D eigenvalue weighted by molar-refractivity contribution is -0.125.